The summed E-state index contributed by atoms with van der Waals surface area (Å²) in [4.78, 5) is 0. The summed E-state index contributed by atoms with van der Waals surface area (Å²) in [5.74, 6) is -3.99. The van der Waals surface area contributed by atoms with Crippen LogP contribution in [-0.4, -0.2) is 9.78 Å². The van der Waals surface area contributed by atoms with Gasteiger partial charge in [-0.1, -0.05) is 0 Å². The van der Waals surface area contributed by atoms with Gasteiger partial charge >= 0.3 is 0 Å². The van der Waals surface area contributed by atoms with Gasteiger partial charge in [-0.2, -0.15) is 5.10 Å². The number of hydrogen-bond acceptors (Lipinski definition) is 2. The van der Waals surface area contributed by atoms with E-state index in [0.29, 0.717) is 5.56 Å². The molecule has 1 aromatic carbocycles. The van der Waals surface area contributed by atoms with Crippen molar-refractivity contribution in [2.24, 2.45) is 12.8 Å². The number of aryl methyl sites for hydroxylation is 1. The van der Waals surface area contributed by atoms with Crippen LogP contribution in [0.4, 0.5) is 13.2 Å². The molecule has 0 saturated heterocycles. The van der Waals surface area contributed by atoms with Crippen LogP contribution in [0.25, 0.3) is 0 Å². The Morgan fingerprint density at radius 1 is 1.18 bits per heavy atom. The van der Waals surface area contributed by atoms with Crippen LogP contribution in [0.5, 0.6) is 0 Å². The second-order valence-corrected chi connectivity index (χ2v) is 3.72. The summed E-state index contributed by atoms with van der Waals surface area (Å²) in [5, 5.41) is 3.90. The van der Waals surface area contributed by atoms with Crippen molar-refractivity contribution in [3.05, 3.63) is 53.1 Å². The Balaban J connectivity index is 2.41. The summed E-state index contributed by atoms with van der Waals surface area (Å²) in [6.45, 7) is 0. The van der Waals surface area contributed by atoms with Crippen LogP contribution in [0, 0.1) is 17.5 Å². The fourth-order valence-corrected chi connectivity index (χ4v) is 1.55. The van der Waals surface area contributed by atoms with E-state index in [-0.39, 0.29) is 5.56 Å². The zero-order valence-electron chi connectivity index (χ0n) is 8.99. The van der Waals surface area contributed by atoms with Crippen LogP contribution in [0.3, 0.4) is 0 Å². The Hall–Kier alpha value is -1.82. The van der Waals surface area contributed by atoms with Crippen molar-refractivity contribution in [2.75, 3.05) is 0 Å². The van der Waals surface area contributed by atoms with Gasteiger partial charge in [-0.25, -0.2) is 13.2 Å². The fourth-order valence-electron chi connectivity index (χ4n) is 1.55. The molecule has 0 aliphatic carbocycles. The number of rotatable bonds is 2. The van der Waals surface area contributed by atoms with Gasteiger partial charge < -0.3 is 5.73 Å². The van der Waals surface area contributed by atoms with Gasteiger partial charge in [0.05, 0.1) is 12.2 Å². The standard InChI is InChI=1S/C11H10F3N3/c1-17-5-7(4-16-17)11(15)6-2-8(12)10(14)9(13)3-6/h2-5,11H,15H2,1H3. The predicted octanol–water partition coefficient (Wildman–Crippen LogP) is 1.89. The number of aromatic nitrogens is 2. The first kappa shape index (κ1) is 11.7. The third-order valence-electron chi connectivity index (χ3n) is 2.45. The predicted molar refractivity (Wildman–Crippen MR) is 55.6 cm³/mol. The Kier molecular flexibility index (Phi) is 2.89. The van der Waals surface area contributed by atoms with E-state index in [9.17, 15) is 13.2 Å². The third-order valence-corrected chi connectivity index (χ3v) is 2.45. The molecule has 1 heterocycles. The highest BCUT2D eigenvalue weighted by atomic mass is 19.2. The van der Waals surface area contributed by atoms with Crippen LogP contribution in [0.15, 0.2) is 24.5 Å². The minimum atomic E-state index is -1.49. The number of hydrogen-bond donors (Lipinski definition) is 1. The second-order valence-electron chi connectivity index (χ2n) is 3.72. The maximum atomic E-state index is 13.0. The van der Waals surface area contributed by atoms with Crippen molar-refractivity contribution < 1.29 is 13.2 Å². The van der Waals surface area contributed by atoms with Gasteiger partial charge in [0.15, 0.2) is 17.5 Å². The summed E-state index contributed by atoms with van der Waals surface area (Å²) >= 11 is 0. The minimum absolute atomic E-state index is 0.161. The lowest BCUT2D eigenvalue weighted by Crippen LogP contribution is -2.12. The topological polar surface area (TPSA) is 43.8 Å². The first-order chi connectivity index (χ1) is 7.99. The molecular formula is C11H10F3N3. The molecule has 0 amide bonds. The molecule has 2 aromatic rings. The van der Waals surface area contributed by atoms with E-state index in [0.717, 1.165) is 12.1 Å². The zero-order valence-corrected chi connectivity index (χ0v) is 8.99. The van der Waals surface area contributed by atoms with Gasteiger partial charge in [-0.05, 0) is 17.7 Å². The molecule has 3 nitrogen and oxygen atoms in total. The maximum Gasteiger partial charge on any atom is 0.194 e. The average molecular weight is 241 g/mol. The molecule has 1 atom stereocenters. The molecule has 0 saturated carbocycles. The van der Waals surface area contributed by atoms with Crippen molar-refractivity contribution in [2.45, 2.75) is 6.04 Å². The fraction of sp³-hybridized carbons (Fsp3) is 0.182. The van der Waals surface area contributed by atoms with E-state index in [1.165, 1.54) is 10.9 Å². The summed E-state index contributed by atoms with van der Waals surface area (Å²) < 4.78 is 40.4. The van der Waals surface area contributed by atoms with Crippen molar-refractivity contribution in [1.82, 2.24) is 9.78 Å². The molecule has 2 N–H and O–H groups in total. The molecule has 0 aliphatic rings. The number of nitrogens with two attached hydrogens (primary N) is 1. The highest BCUT2D eigenvalue weighted by Crippen LogP contribution is 2.22. The number of nitrogens with zero attached hydrogens (tertiary/aromatic N) is 2. The average Bonchev–Trinajstić information content (AvgIpc) is 2.71. The van der Waals surface area contributed by atoms with Gasteiger partial charge in [0, 0.05) is 18.8 Å². The normalized spacial score (nSPS) is 12.8. The first-order valence-corrected chi connectivity index (χ1v) is 4.87. The van der Waals surface area contributed by atoms with Crippen molar-refractivity contribution in [3.63, 3.8) is 0 Å². The van der Waals surface area contributed by atoms with Crippen LogP contribution in [-0.2, 0) is 7.05 Å². The monoisotopic (exact) mass is 241 g/mol. The lowest BCUT2D eigenvalue weighted by atomic mass is 10.0. The van der Waals surface area contributed by atoms with Gasteiger partial charge in [-0.15, -0.1) is 0 Å². The molecule has 2 rings (SSSR count). The molecule has 17 heavy (non-hydrogen) atoms. The van der Waals surface area contributed by atoms with E-state index >= 15 is 0 Å². The number of halogens is 3. The zero-order chi connectivity index (χ0) is 12.6. The molecule has 0 aliphatic heterocycles. The summed E-state index contributed by atoms with van der Waals surface area (Å²) in [6.07, 6.45) is 3.12. The van der Waals surface area contributed by atoms with E-state index in [4.69, 9.17) is 5.73 Å². The molecule has 90 valence electrons. The van der Waals surface area contributed by atoms with Crippen molar-refractivity contribution in [1.29, 1.82) is 0 Å². The largest absolute Gasteiger partial charge is 0.320 e. The van der Waals surface area contributed by atoms with E-state index < -0.39 is 23.5 Å². The van der Waals surface area contributed by atoms with E-state index in [1.54, 1.807) is 13.2 Å². The molecule has 0 spiro atoms. The maximum absolute atomic E-state index is 13.0. The Morgan fingerprint density at radius 3 is 2.24 bits per heavy atom. The van der Waals surface area contributed by atoms with Crippen LogP contribution in [0.2, 0.25) is 0 Å². The Bertz CT molecular complexity index is 528. The van der Waals surface area contributed by atoms with E-state index in [1.807, 2.05) is 0 Å². The highest BCUT2D eigenvalue weighted by molar-refractivity contribution is 5.30. The molecule has 6 heteroatoms. The van der Waals surface area contributed by atoms with Gasteiger partial charge in [0.25, 0.3) is 0 Å². The molecule has 1 aromatic heterocycles. The summed E-state index contributed by atoms with van der Waals surface area (Å²) in [5.41, 5.74) is 6.57. The van der Waals surface area contributed by atoms with Crippen molar-refractivity contribution >= 4 is 0 Å². The van der Waals surface area contributed by atoms with Crippen molar-refractivity contribution in [3.8, 4) is 0 Å². The second kappa shape index (κ2) is 4.21. The van der Waals surface area contributed by atoms with Crippen LogP contribution < -0.4 is 5.73 Å². The quantitative estimate of drug-likeness (QED) is 0.816. The van der Waals surface area contributed by atoms with Gasteiger partial charge in [0.1, 0.15) is 0 Å². The Labute approximate surface area is 95.7 Å². The summed E-state index contributed by atoms with van der Waals surface area (Å²) in [6, 6.07) is 1.03. The molecule has 1 unspecified atom stereocenters. The summed E-state index contributed by atoms with van der Waals surface area (Å²) in [7, 11) is 1.70. The molecule has 0 radical (unpaired) electrons. The van der Waals surface area contributed by atoms with Crippen LogP contribution >= 0.6 is 0 Å². The SMILES string of the molecule is Cn1cc(C(N)c2cc(F)c(F)c(F)c2)cn1. The smallest absolute Gasteiger partial charge is 0.194 e. The Morgan fingerprint density at radius 2 is 1.76 bits per heavy atom. The number of benzene rings is 1. The van der Waals surface area contributed by atoms with Gasteiger partial charge in [-0.3, -0.25) is 4.68 Å². The molecule has 0 fully saturated rings. The van der Waals surface area contributed by atoms with Crippen LogP contribution in [0.1, 0.15) is 17.2 Å². The third kappa shape index (κ3) is 2.16. The highest BCUT2D eigenvalue weighted by Gasteiger charge is 2.16. The molecule has 0 bridgehead atoms. The molecular weight excluding hydrogens is 231 g/mol. The van der Waals surface area contributed by atoms with Gasteiger partial charge in [0.2, 0.25) is 0 Å². The lowest BCUT2D eigenvalue weighted by molar-refractivity contribution is 0.444. The lowest BCUT2D eigenvalue weighted by Gasteiger charge is -2.10. The first-order valence-electron chi connectivity index (χ1n) is 4.87. The van der Waals surface area contributed by atoms with E-state index in [2.05, 4.69) is 5.10 Å². The minimum Gasteiger partial charge on any atom is -0.320 e.